The fourth-order valence-electron chi connectivity index (χ4n) is 2.60. The molecule has 1 aromatic rings. The summed E-state index contributed by atoms with van der Waals surface area (Å²) in [6.07, 6.45) is 1.35. The van der Waals surface area contributed by atoms with Crippen LogP contribution in [0, 0.1) is 0 Å². The summed E-state index contributed by atoms with van der Waals surface area (Å²) >= 11 is 0. The largest absolute Gasteiger partial charge is 0.519 e. The molecule has 0 saturated carbocycles. The molecule has 0 aliphatic rings. The summed E-state index contributed by atoms with van der Waals surface area (Å²) in [4.78, 5) is 14.8. The van der Waals surface area contributed by atoms with Gasteiger partial charge in [-0.25, -0.2) is 0 Å². The van der Waals surface area contributed by atoms with Crippen LogP contribution >= 0.6 is 0 Å². The molecular weight excluding hydrogens is 386 g/mol. The third-order valence-electron chi connectivity index (χ3n) is 5.80. The first-order chi connectivity index (χ1) is 12.9. The average molecular weight is 426 g/mol. The van der Waals surface area contributed by atoms with Crippen LogP contribution in [-0.2, 0) is 18.1 Å². The number of carbonyl (C=O) groups excluding carboxylic acids is 1. The number of nitrogens with zero attached hydrogens (tertiary/aromatic N) is 1. The number of rotatable bonds is 11. The van der Waals surface area contributed by atoms with Crippen molar-refractivity contribution in [2.75, 3.05) is 32.2 Å². The lowest BCUT2D eigenvalue weighted by Gasteiger charge is -2.35. The lowest BCUT2D eigenvalue weighted by atomic mass is 10.2. The highest BCUT2D eigenvalue weighted by atomic mass is 28.4. The van der Waals surface area contributed by atoms with E-state index in [0.717, 1.165) is 24.7 Å². The summed E-state index contributed by atoms with van der Waals surface area (Å²) in [6.45, 7) is 14.3. The van der Waals surface area contributed by atoms with Crippen molar-refractivity contribution in [2.24, 2.45) is 0 Å². The normalized spacial score (nSPS) is 12.7. The van der Waals surface area contributed by atoms with Crippen LogP contribution in [0.15, 0.2) is 30.3 Å². The zero-order valence-electron chi connectivity index (χ0n) is 19.0. The van der Waals surface area contributed by atoms with Crippen LogP contribution in [0.1, 0.15) is 33.6 Å². The van der Waals surface area contributed by atoms with E-state index < -0.39 is 16.9 Å². The summed E-state index contributed by atoms with van der Waals surface area (Å²) in [5.74, 6) is -0.0967. The summed E-state index contributed by atoms with van der Waals surface area (Å²) in [5.41, 5.74) is 1.13. The van der Waals surface area contributed by atoms with Crippen molar-refractivity contribution in [1.29, 1.82) is 0 Å². The first kappa shape index (κ1) is 24.9. The molecule has 1 aromatic carbocycles. The van der Waals surface area contributed by atoms with E-state index in [-0.39, 0.29) is 11.0 Å². The van der Waals surface area contributed by atoms with Crippen molar-refractivity contribution in [1.82, 2.24) is 0 Å². The van der Waals surface area contributed by atoms with E-state index in [4.69, 9.17) is 13.3 Å². The zero-order valence-corrected chi connectivity index (χ0v) is 21.0. The molecule has 0 amide bonds. The zero-order chi connectivity index (χ0) is 21.4. The molecule has 28 heavy (non-hydrogen) atoms. The maximum Gasteiger partial charge on any atom is 0.334 e. The highest BCUT2D eigenvalue weighted by Crippen LogP contribution is 2.36. The Hall–Kier alpha value is -1.16. The van der Waals surface area contributed by atoms with Crippen molar-refractivity contribution >= 4 is 28.5 Å². The van der Waals surface area contributed by atoms with Crippen molar-refractivity contribution in [3.05, 3.63) is 30.3 Å². The molecule has 160 valence electrons. The Morgan fingerprint density at radius 1 is 1.00 bits per heavy atom. The quantitative estimate of drug-likeness (QED) is 0.457. The lowest BCUT2D eigenvalue weighted by Crippen LogP contribution is -2.43. The average Bonchev–Trinajstić information content (AvgIpc) is 2.63. The van der Waals surface area contributed by atoms with Gasteiger partial charge in [-0.3, -0.25) is 4.79 Å². The molecule has 0 radical (unpaired) electrons. The van der Waals surface area contributed by atoms with E-state index in [1.165, 1.54) is 0 Å². The third-order valence-corrected chi connectivity index (χ3v) is 13.1. The smallest absolute Gasteiger partial charge is 0.334 e. The molecule has 0 aromatic heterocycles. The van der Waals surface area contributed by atoms with Gasteiger partial charge in [0.1, 0.15) is 0 Å². The van der Waals surface area contributed by atoms with Crippen LogP contribution in [0.25, 0.3) is 0 Å². The first-order valence-electron chi connectivity index (χ1n) is 10.1. The predicted molar refractivity (Wildman–Crippen MR) is 122 cm³/mol. The maximum atomic E-state index is 12.5. The van der Waals surface area contributed by atoms with Gasteiger partial charge in [-0.2, -0.15) is 0 Å². The predicted octanol–water partition coefficient (Wildman–Crippen LogP) is 5.19. The van der Waals surface area contributed by atoms with Gasteiger partial charge in [-0.15, -0.1) is 0 Å². The van der Waals surface area contributed by atoms with Crippen LogP contribution in [-0.4, -0.2) is 50.2 Å². The lowest BCUT2D eigenvalue weighted by molar-refractivity contribution is -0.135. The fourth-order valence-corrected chi connectivity index (χ4v) is 4.95. The van der Waals surface area contributed by atoms with Crippen molar-refractivity contribution in [3.8, 4) is 0 Å². The van der Waals surface area contributed by atoms with Gasteiger partial charge < -0.3 is 18.2 Å². The molecule has 1 rings (SSSR count). The van der Waals surface area contributed by atoms with Gasteiger partial charge in [0.15, 0.2) is 0 Å². The highest BCUT2D eigenvalue weighted by Gasteiger charge is 2.40. The minimum Gasteiger partial charge on any atom is -0.519 e. The molecular formula is C21H39NO4Si2. The molecule has 0 bridgehead atoms. The van der Waals surface area contributed by atoms with Gasteiger partial charge in [0.25, 0.3) is 14.3 Å². The van der Waals surface area contributed by atoms with E-state index in [9.17, 15) is 4.79 Å². The Bertz CT molecular complexity index is 598. The van der Waals surface area contributed by atoms with E-state index >= 15 is 0 Å². The Balaban J connectivity index is 2.70. The second kappa shape index (κ2) is 10.6. The molecule has 0 unspecified atom stereocenters. The summed E-state index contributed by atoms with van der Waals surface area (Å²) in [6, 6.07) is 11.1. The second-order valence-electron chi connectivity index (χ2n) is 8.95. The monoisotopic (exact) mass is 425 g/mol. The van der Waals surface area contributed by atoms with E-state index in [0.29, 0.717) is 13.0 Å². The second-order valence-corrected chi connectivity index (χ2v) is 17.3. The molecule has 5 nitrogen and oxygen atoms in total. The standard InChI is InChI=1S/C21H39NO4Si2/c1-21(2,3)27(6,7)26-20(23)15-17-22(19-13-10-9-11-14-19)16-12-18-28(8,24-4)25-5/h9-11,13-14H,12,15-18H2,1-8H3. The number of benzene rings is 1. The third kappa shape index (κ3) is 7.69. The van der Waals surface area contributed by atoms with E-state index in [2.05, 4.69) is 57.4 Å². The van der Waals surface area contributed by atoms with Crippen LogP contribution in [0.4, 0.5) is 5.69 Å². The molecule has 0 fully saturated rings. The first-order valence-corrected chi connectivity index (χ1v) is 15.5. The SMILES string of the molecule is CO[Si](C)(CCCN(CCC(=O)O[Si](C)(C)C(C)(C)C)c1ccccc1)OC. The molecule has 0 saturated heterocycles. The van der Waals surface area contributed by atoms with Crippen LogP contribution < -0.4 is 4.90 Å². The van der Waals surface area contributed by atoms with Crippen molar-refractivity contribution in [2.45, 2.75) is 64.3 Å². The van der Waals surface area contributed by atoms with Crippen molar-refractivity contribution < 1.29 is 18.1 Å². The van der Waals surface area contributed by atoms with Crippen LogP contribution in [0.3, 0.4) is 0 Å². The minimum atomic E-state index is -2.08. The number of para-hydroxylation sites is 1. The molecule has 0 N–H and O–H groups in total. The Labute approximate surface area is 173 Å². The molecule has 0 atom stereocenters. The Morgan fingerprint density at radius 3 is 2.07 bits per heavy atom. The van der Waals surface area contributed by atoms with Gasteiger partial charge >= 0.3 is 8.56 Å². The van der Waals surface area contributed by atoms with E-state index in [1.807, 2.05) is 18.2 Å². The molecule has 0 aliphatic carbocycles. The Kier molecular flexibility index (Phi) is 9.39. The summed E-state index contributed by atoms with van der Waals surface area (Å²) in [7, 11) is -0.703. The molecule has 0 heterocycles. The van der Waals surface area contributed by atoms with Crippen molar-refractivity contribution in [3.63, 3.8) is 0 Å². The molecule has 7 heteroatoms. The molecule has 0 aliphatic heterocycles. The van der Waals surface area contributed by atoms with E-state index in [1.54, 1.807) is 14.2 Å². The van der Waals surface area contributed by atoms with Gasteiger partial charge in [-0.05, 0) is 49.3 Å². The number of anilines is 1. The summed E-state index contributed by atoms with van der Waals surface area (Å²) < 4.78 is 17.1. The number of hydrogen-bond acceptors (Lipinski definition) is 5. The molecule has 0 spiro atoms. The highest BCUT2D eigenvalue weighted by molar-refractivity contribution is 6.75. The van der Waals surface area contributed by atoms with Gasteiger partial charge in [0, 0.05) is 33.0 Å². The number of hydrogen-bond donors (Lipinski definition) is 0. The maximum absolute atomic E-state index is 12.5. The van der Waals surface area contributed by atoms with Gasteiger partial charge in [-0.1, -0.05) is 39.0 Å². The number of carbonyl (C=O) groups is 1. The Morgan fingerprint density at radius 2 is 1.57 bits per heavy atom. The van der Waals surface area contributed by atoms with Gasteiger partial charge in [0.2, 0.25) is 0 Å². The minimum absolute atomic E-state index is 0.0250. The topological polar surface area (TPSA) is 48.0 Å². The van der Waals surface area contributed by atoms with Crippen LogP contribution in [0.5, 0.6) is 0 Å². The summed E-state index contributed by atoms with van der Waals surface area (Å²) in [5, 5.41) is 0.0250. The van der Waals surface area contributed by atoms with Gasteiger partial charge in [0.05, 0.1) is 6.42 Å². The fraction of sp³-hybridized carbons (Fsp3) is 0.667. The van der Waals surface area contributed by atoms with Crippen LogP contribution in [0.2, 0.25) is 30.7 Å².